The van der Waals surface area contributed by atoms with Crippen molar-refractivity contribution in [3.8, 4) is 5.75 Å². The Morgan fingerprint density at radius 3 is 1.89 bits per heavy atom. The second-order valence-corrected chi connectivity index (χ2v) is 2.79. The topological polar surface area (TPSA) is 26.3 Å². The van der Waals surface area contributed by atoms with Gasteiger partial charge in [0.05, 0.1) is 12.1 Å². The third-order valence-corrected chi connectivity index (χ3v) is 1.92. The number of halogens is 1. The number of benzene rings is 1. The molecule has 0 bridgehead atoms. The van der Waals surface area contributed by atoms with Gasteiger partial charge in [0.2, 0.25) is 0 Å². The molecule has 0 heterocycles. The second-order valence-electron chi connectivity index (χ2n) is 2.38. The first-order chi connectivity index (χ1) is 8.27. The van der Waals surface area contributed by atoms with Crippen LogP contribution >= 0.6 is 11.6 Å². The Hall–Kier alpha value is -1.28. The van der Waals surface area contributed by atoms with E-state index >= 15 is 0 Å². The molecule has 18 heavy (non-hydrogen) atoms. The fourth-order valence-electron chi connectivity index (χ4n) is 0.906. The van der Waals surface area contributed by atoms with E-state index in [2.05, 4.69) is 0 Å². The minimum atomic E-state index is 0. The molecule has 0 aliphatic heterocycles. The summed E-state index contributed by atoms with van der Waals surface area (Å²) >= 11 is 5.79. The minimum Gasteiger partial charge on any atom is -0.497 e. The Balaban J connectivity index is -0.000000409. The fraction of sp³-hybridized carbons (Fsp3) is 0.400. The predicted octanol–water partition coefficient (Wildman–Crippen LogP) is 5.16. The van der Waals surface area contributed by atoms with E-state index in [-0.39, 0.29) is 7.43 Å². The molecule has 0 atom stereocenters. The average molecular weight is 273 g/mol. The molecule has 0 aromatic heterocycles. The Morgan fingerprint density at radius 2 is 1.56 bits per heavy atom. The lowest BCUT2D eigenvalue weighted by Gasteiger charge is -2.00. The van der Waals surface area contributed by atoms with Crippen molar-refractivity contribution in [2.45, 2.75) is 35.1 Å². The molecule has 0 saturated heterocycles. The van der Waals surface area contributed by atoms with Crippen LogP contribution in [0.25, 0.3) is 5.03 Å². The number of ether oxygens (including phenoxy) is 1. The Bertz CT molecular complexity index is 316. The molecule has 0 unspecified atom stereocenters. The zero-order chi connectivity index (χ0) is 13.7. The number of methoxy groups -OCH3 is 1. The van der Waals surface area contributed by atoms with Crippen molar-refractivity contribution >= 4 is 22.9 Å². The molecule has 1 rings (SSSR count). The van der Waals surface area contributed by atoms with Crippen LogP contribution in [0.15, 0.2) is 30.3 Å². The molecule has 0 aliphatic rings. The molecule has 0 radical (unpaired) electrons. The van der Waals surface area contributed by atoms with Gasteiger partial charge in [-0.05, 0) is 35.9 Å². The van der Waals surface area contributed by atoms with Crippen LogP contribution in [0.5, 0.6) is 5.75 Å². The van der Waals surface area contributed by atoms with Crippen LogP contribution in [0, 0.1) is 0 Å². The Kier molecular flexibility index (Phi) is 19.2. The average Bonchev–Trinajstić information content (AvgIpc) is 2.43. The summed E-state index contributed by atoms with van der Waals surface area (Å²) in [6.45, 7) is 8.00. The molecule has 2 nitrogen and oxygen atoms in total. The minimum absolute atomic E-state index is 0. The molecule has 0 fully saturated rings. The summed E-state index contributed by atoms with van der Waals surface area (Å²) in [6.07, 6.45) is 1.97. The van der Waals surface area contributed by atoms with Crippen LogP contribution < -0.4 is 4.74 Å². The van der Waals surface area contributed by atoms with Gasteiger partial charge in [0, 0.05) is 0 Å². The first-order valence-corrected chi connectivity index (χ1v) is 6.11. The van der Waals surface area contributed by atoms with Crippen LogP contribution in [-0.2, 0) is 4.79 Å². The summed E-state index contributed by atoms with van der Waals surface area (Å²) in [5.41, 5.74) is 0.801. The van der Waals surface area contributed by atoms with Gasteiger partial charge < -0.3 is 4.74 Å². The maximum Gasteiger partial charge on any atom is 0.144 e. The van der Waals surface area contributed by atoms with Crippen LogP contribution in [0.3, 0.4) is 0 Å². The van der Waals surface area contributed by atoms with Gasteiger partial charge in [-0.15, -0.1) is 0 Å². The van der Waals surface area contributed by atoms with E-state index in [1.807, 2.05) is 27.7 Å². The van der Waals surface area contributed by atoms with Crippen molar-refractivity contribution in [3.63, 3.8) is 0 Å². The maximum atomic E-state index is 10.1. The molecule has 1 aromatic rings. The summed E-state index contributed by atoms with van der Waals surface area (Å²) in [4.78, 5) is 10.1. The van der Waals surface area contributed by atoms with Gasteiger partial charge in [-0.3, -0.25) is 4.79 Å². The zero-order valence-corrected chi connectivity index (χ0v) is 11.9. The third kappa shape index (κ3) is 8.82. The predicted molar refractivity (Wildman–Crippen MR) is 82.3 cm³/mol. The van der Waals surface area contributed by atoms with Gasteiger partial charge in [-0.2, -0.15) is 0 Å². The van der Waals surface area contributed by atoms with E-state index in [4.69, 9.17) is 16.3 Å². The zero-order valence-electron chi connectivity index (χ0n) is 11.2. The van der Waals surface area contributed by atoms with E-state index in [1.165, 1.54) is 6.08 Å². The van der Waals surface area contributed by atoms with Crippen LogP contribution in [0.1, 0.15) is 40.7 Å². The first-order valence-electron chi connectivity index (χ1n) is 5.73. The normalized spacial score (nSPS) is 8.67. The number of carbonyl (C=O) groups is 1. The largest absolute Gasteiger partial charge is 0.497 e. The lowest BCUT2D eigenvalue weighted by atomic mass is 10.2. The quantitative estimate of drug-likeness (QED) is 0.561. The molecule has 0 spiro atoms. The molecule has 0 amide bonds. The van der Waals surface area contributed by atoms with Crippen LogP contribution in [0.4, 0.5) is 0 Å². The SMILES string of the molecule is C.CC.CC.COc1ccc(/C(Cl)=C\C=O)cc1. The van der Waals surface area contributed by atoms with Crippen molar-refractivity contribution < 1.29 is 9.53 Å². The first kappa shape index (κ1) is 21.9. The number of hydrogen-bond acceptors (Lipinski definition) is 2. The number of allylic oxidation sites excluding steroid dienone is 1. The van der Waals surface area contributed by atoms with Crippen molar-refractivity contribution in [1.82, 2.24) is 0 Å². The third-order valence-electron chi connectivity index (χ3n) is 1.58. The monoisotopic (exact) mass is 272 g/mol. The molecular weight excluding hydrogens is 248 g/mol. The van der Waals surface area contributed by atoms with E-state index in [0.717, 1.165) is 11.3 Å². The van der Waals surface area contributed by atoms with E-state index < -0.39 is 0 Å². The van der Waals surface area contributed by atoms with Crippen molar-refractivity contribution in [1.29, 1.82) is 0 Å². The van der Waals surface area contributed by atoms with Gasteiger partial charge in [0.1, 0.15) is 12.0 Å². The molecule has 0 saturated carbocycles. The molecule has 0 aliphatic carbocycles. The number of rotatable bonds is 3. The van der Waals surface area contributed by atoms with Gasteiger partial charge in [-0.1, -0.05) is 46.7 Å². The van der Waals surface area contributed by atoms with Crippen LogP contribution in [-0.4, -0.2) is 13.4 Å². The lowest BCUT2D eigenvalue weighted by molar-refractivity contribution is -0.104. The number of hydrogen-bond donors (Lipinski definition) is 0. The smallest absolute Gasteiger partial charge is 0.144 e. The lowest BCUT2D eigenvalue weighted by Crippen LogP contribution is -1.83. The van der Waals surface area contributed by atoms with Crippen molar-refractivity contribution in [3.05, 3.63) is 35.9 Å². The van der Waals surface area contributed by atoms with Crippen molar-refractivity contribution in [2.24, 2.45) is 0 Å². The standard InChI is InChI=1S/C10H9ClO2.2C2H6.CH4/c1-13-9-4-2-8(3-5-9)10(11)6-7-12;2*1-2;/h2-7H,1H3;2*1-2H3;1H4/b10-6+;;;. The number of carbonyl (C=O) groups excluding carboxylic acids is 1. The van der Waals surface area contributed by atoms with E-state index in [1.54, 1.807) is 31.4 Å². The second kappa shape index (κ2) is 15.7. The maximum absolute atomic E-state index is 10.1. The summed E-state index contributed by atoms with van der Waals surface area (Å²) in [5.74, 6) is 0.763. The van der Waals surface area contributed by atoms with Gasteiger partial charge in [0.15, 0.2) is 0 Å². The highest BCUT2D eigenvalue weighted by Gasteiger charge is 1.97. The fourth-order valence-corrected chi connectivity index (χ4v) is 1.08. The van der Waals surface area contributed by atoms with Crippen LogP contribution in [0.2, 0.25) is 0 Å². The molecule has 0 N–H and O–H groups in total. The van der Waals surface area contributed by atoms with E-state index in [0.29, 0.717) is 11.3 Å². The highest BCUT2D eigenvalue weighted by molar-refractivity contribution is 6.49. The Morgan fingerprint density at radius 1 is 1.11 bits per heavy atom. The summed E-state index contributed by atoms with van der Waals surface area (Å²) < 4.78 is 4.98. The van der Waals surface area contributed by atoms with Gasteiger partial charge in [0.25, 0.3) is 0 Å². The summed E-state index contributed by atoms with van der Waals surface area (Å²) in [6, 6.07) is 7.16. The number of aldehydes is 1. The molecule has 104 valence electrons. The highest BCUT2D eigenvalue weighted by atomic mass is 35.5. The Labute approximate surface area is 117 Å². The summed E-state index contributed by atoms with van der Waals surface area (Å²) in [7, 11) is 1.60. The molecule has 1 aromatic carbocycles. The van der Waals surface area contributed by atoms with Gasteiger partial charge >= 0.3 is 0 Å². The van der Waals surface area contributed by atoms with Gasteiger partial charge in [-0.25, -0.2) is 0 Å². The molecular formula is C15H25ClO2. The summed E-state index contributed by atoms with van der Waals surface area (Å²) in [5, 5.41) is 0.428. The highest BCUT2D eigenvalue weighted by Crippen LogP contribution is 2.20. The van der Waals surface area contributed by atoms with E-state index in [9.17, 15) is 4.79 Å². The molecule has 3 heteroatoms. The van der Waals surface area contributed by atoms with Crippen molar-refractivity contribution in [2.75, 3.05) is 7.11 Å².